The third kappa shape index (κ3) is 5.15. The van der Waals surface area contributed by atoms with Crippen LogP contribution in [-0.4, -0.2) is 30.5 Å². The molecule has 0 unspecified atom stereocenters. The Morgan fingerprint density at radius 2 is 1.90 bits per heavy atom. The van der Waals surface area contributed by atoms with Gasteiger partial charge in [0.2, 0.25) is 0 Å². The standard InChI is InChI=1S/C26H36O2Si/c1-19-21(17-23(27)18-25(19)28)12-11-20-9-8-15-26(2)22(13-14-24(20)26)10-6-7-16-29(3,4)5/h11-12,22-25,27-28H,1,8-9,13-15,17-18H2,2-5H3/b20-11+,21-12-/t22-,23+,24-,25-,26+/m0/s1. The molecule has 3 saturated carbocycles. The molecule has 0 bridgehead atoms. The van der Waals surface area contributed by atoms with E-state index < -0.39 is 20.3 Å². The molecule has 5 atom stereocenters. The van der Waals surface area contributed by atoms with Crippen molar-refractivity contribution >= 4 is 8.07 Å². The van der Waals surface area contributed by atoms with Crippen LogP contribution in [0.2, 0.25) is 19.6 Å². The summed E-state index contributed by atoms with van der Waals surface area (Å²) in [5.41, 5.74) is 6.85. The van der Waals surface area contributed by atoms with Gasteiger partial charge in [-0.1, -0.05) is 56.8 Å². The molecule has 156 valence electrons. The Morgan fingerprint density at radius 1 is 1.14 bits per heavy atom. The lowest BCUT2D eigenvalue weighted by atomic mass is 9.63. The quantitative estimate of drug-likeness (QED) is 0.473. The van der Waals surface area contributed by atoms with Gasteiger partial charge in [0.1, 0.15) is 8.07 Å². The Balaban J connectivity index is 1.78. The van der Waals surface area contributed by atoms with Gasteiger partial charge in [0.25, 0.3) is 0 Å². The van der Waals surface area contributed by atoms with Gasteiger partial charge in [0, 0.05) is 12.3 Å². The minimum Gasteiger partial charge on any atom is -0.393 e. The maximum atomic E-state index is 10.1. The average molecular weight is 409 g/mol. The molecule has 0 aromatic heterocycles. The summed E-state index contributed by atoms with van der Waals surface area (Å²) in [6, 6.07) is 0. The zero-order valence-electron chi connectivity index (χ0n) is 18.5. The third-order valence-corrected chi connectivity index (χ3v) is 7.85. The van der Waals surface area contributed by atoms with Crippen LogP contribution in [0.1, 0.15) is 51.9 Å². The van der Waals surface area contributed by atoms with Crippen molar-refractivity contribution in [2.75, 3.05) is 0 Å². The maximum absolute atomic E-state index is 10.1. The summed E-state index contributed by atoms with van der Waals surface area (Å²) in [5.74, 6) is 10.8. The van der Waals surface area contributed by atoms with Gasteiger partial charge in [-0.2, -0.15) is 0 Å². The molecule has 3 fully saturated rings. The molecule has 0 radical (unpaired) electrons. The number of allylic oxidation sites excluding steroid dienone is 3. The maximum Gasteiger partial charge on any atom is 0.130 e. The second-order valence-electron chi connectivity index (χ2n) is 10.4. The molecule has 3 heteroatoms. The van der Waals surface area contributed by atoms with Crippen LogP contribution < -0.4 is 0 Å². The highest BCUT2D eigenvalue weighted by Gasteiger charge is 2.48. The van der Waals surface area contributed by atoms with E-state index in [2.05, 4.69) is 68.6 Å². The smallest absolute Gasteiger partial charge is 0.130 e. The Labute approximate surface area is 178 Å². The highest BCUT2D eigenvalue weighted by Crippen LogP contribution is 2.57. The average Bonchev–Trinajstić information content (AvgIpc) is 2.96. The number of aliphatic hydroxyl groups excluding tert-OH is 2. The third-order valence-electron chi connectivity index (χ3n) is 6.98. The lowest BCUT2D eigenvalue weighted by Crippen LogP contribution is -2.32. The van der Waals surface area contributed by atoms with E-state index in [0.29, 0.717) is 24.7 Å². The zero-order valence-corrected chi connectivity index (χ0v) is 19.5. The van der Waals surface area contributed by atoms with E-state index in [0.717, 1.165) is 24.0 Å². The van der Waals surface area contributed by atoms with Gasteiger partial charge < -0.3 is 10.2 Å². The molecule has 0 heterocycles. The molecular formula is C26H36O2Si. The highest BCUT2D eigenvalue weighted by molar-refractivity contribution is 6.83. The van der Waals surface area contributed by atoms with Gasteiger partial charge in [0.05, 0.1) is 12.2 Å². The van der Waals surface area contributed by atoms with Gasteiger partial charge in [-0.3, -0.25) is 0 Å². The van der Waals surface area contributed by atoms with E-state index in [9.17, 15) is 10.2 Å². The van der Waals surface area contributed by atoms with Crippen molar-refractivity contribution in [1.82, 2.24) is 0 Å². The first-order valence-electron chi connectivity index (χ1n) is 11.1. The summed E-state index contributed by atoms with van der Waals surface area (Å²) in [5, 5.41) is 20.1. The van der Waals surface area contributed by atoms with Crippen molar-refractivity contribution in [3.05, 3.63) is 35.5 Å². The van der Waals surface area contributed by atoms with Gasteiger partial charge >= 0.3 is 0 Å². The fourth-order valence-corrected chi connectivity index (χ4v) is 5.72. The van der Waals surface area contributed by atoms with Crippen molar-refractivity contribution in [2.45, 2.75) is 83.7 Å². The SMILES string of the molecule is C=C1/C(=C\C=C2/CCC[C@]3(C)[C@@H](C#CC#C[Si](C)(C)C)CC[C@@H]23)C[C@@H](O)C[C@@H]1O. The molecule has 3 rings (SSSR count). The van der Waals surface area contributed by atoms with E-state index in [1.165, 1.54) is 24.8 Å². The molecule has 0 aliphatic heterocycles. The van der Waals surface area contributed by atoms with Gasteiger partial charge in [-0.05, 0) is 72.8 Å². The van der Waals surface area contributed by atoms with Gasteiger partial charge in [-0.25, -0.2) is 0 Å². The number of hydrogen-bond donors (Lipinski definition) is 2. The van der Waals surface area contributed by atoms with Crippen LogP contribution in [0.3, 0.4) is 0 Å². The molecule has 2 nitrogen and oxygen atoms in total. The predicted molar refractivity (Wildman–Crippen MR) is 124 cm³/mol. The predicted octanol–water partition coefficient (Wildman–Crippen LogP) is 5.01. The van der Waals surface area contributed by atoms with Crippen molar-refractivity contribution < 1.29 is 10.2 Å². The fourth-order valence-electron chi connectivity index (χ4n) is 5.28. The fraction of sp³-hybridized carbons (Fsp3) is 0.615. The summed E-state index contributed by atoms with van der Waals surface area (Å²) in [6.45, 7) is 13.2. The van der Waals surface area contributed by atoms with E-state index in [1.54, 1.807) is 0 Å². The van der Waals surface area contributed by atoms with Crippen LogP contribution in [0.4, 0.5) is 0 Å². The number of rotatable bonds is 1. The van der Waals surface area contributed by atoms with Crippen LogP contribution in [0.5, 0.6) is 0 Å². The van der Waals surface area contributed by atoms with Crippen molar-refractivity contribution in [3.8, 4) is 23.3 Å². The molecule has 0 spiro atoms. The van der Waals surface area contributed by atoms with Gasteiger partial charge in [-0.15, -0.1) is 5.54 Å². The molecule has 3 aliphatic carbocycles. The Bertz CT molecular complexity index is 836. The molecule has 0 amide bonds. The minimum atomic E-state index is -1.36. The van der Waals surface area contributed by atoms with Crippen LogP contribution >= 0.6 is 0 Å². The Morgan fingerprint density at radius 3 is 2.62 bits per heavy atom. The highest BCUT2D eigenvalue weighted by atomic mass is 28.3. The minimum absolute atomic E-state index is 0.235. The molecule has 0 aromatic rings. The first-order valence-corrected chi connectivity index (χ1v) is 14.6. The molecular weight excluding hydrogens is 372 g/mol. The summed E-state index contributed by atoms with van der Waals surface area (Å²) in [6.07, 6.45) is 10.2. The molecule has 0 saturated heterocycles. The van der Waals surface area contributed by atoms with E-state index in [4.69, 9.17) is 0 Å². The summed E-state index contributed by atoms with van der Waals surface area (Å²) >= 11 is 0. The molecule has 3 aliphatic rings. The zero-order chi connectivity index (χ0) is 21.2. The lowest BCUT2D eigenvalue weighted by Gasteiger charge is -2.40. The van der Waals surface area contributed by atoms with Crippen molar-refractivity contribution in [3.63, 3.8) is 0 Å². The van der Waals surface area contributed by atoms with Gasteiger partial charge in [0.15, 0.2) is 0 Å². The number of fused-ring (bicyclic) bond motifs is 1. The first-order chi connectivity index (χ1) is 13.6. The Kier molecular flexibility index (Phi) is 6.64. The number of aliphatic hydroxyl groups is 2. The van der Waals surface area contributed by atoms with Crippen molar-refractivity contribution in [2.24, 2.45) is 17.3 Å². The molecule has 0 aromatic carbocycles. The van der Waals surface area contributed by atoms with E-state index in [-0.39, 0.29) is 5.41 Å². The normalized spacial score (nSPS) is 37.5. The topological polar surface area (TPSA) is 40.5 Å². The Hall–Kier alpha value is -1.52. The summed E-state index contributed by atoms with van der Waals surface area (Å²) in [4.78, 5) is 0. The van der Waals surface area contributed by atoms with E-state index in [1.807, 2.05) is 0 Å². The summed E-state index contributed by atoms with van der Waals surface area (Å²) < 4.78 is 0. The van der Waals surface area contributed by atoms with Crippen LogP contribution in [0.15, 0.2) is 35.5 Å². The monoisotopic (exact) mass is 408 g/mol. The van der Waals surface area contributed by atoms with E-state index >= 15 is 0 Å². The van der Waals surface area contributed by atoms with Crippen LogP contribution in [0, 0.1) is 40.6 Å². The van der Waals surface area contributed by atoms with Crippen molar-refractivity contribution in [1.29, 1.82) is 0 Å². The second-order valence-corrected chi connectivity index (χ2v) is 15.1. The molecule has 29 heavy (non-hydrogen) atoms. The summed E-state index contributed by atoms with van der Waals surface area (Å²) in [7, 11) is -1.36. The number of hydrogen-bond acceptors (Lipinski definition) is 2. The van der Waals surface area contributed by atoms with Crippen LogP contribution in [0.25, 0.3) is 0 Å². The second kappa shape index (κ2) is 8.69. The molecule has 2 N–H and O–H groups in total. The first kappa shape index (κ1) is 22.2. The lowest BCUT2D eigenvalue weighted by molar-refractivity contribution is 0.0862. The van der Waals surface area contributed by atoms with Crippen LogP contribution in [-0.2, 0) is 0 Å². The largest absolute Gasteiger partial charge is 0.393 e.